The van der Waals surface area contributed by atoms with Gasteiger partial charge in [-0.2, -0.15) is 0 Å². The van der Waals surface area contributed by atoms with Crippen molar-refractivity contribution in [2.75, 3.05) is 19.6 Å². The molecule has 4 heteroatoms. The second-order valence-electron chi connectivity index (χ2n) is 6.56. The lowest BCUT2D eigenvalue weighted by molar-refractivity contribution is 0.125. The summed E-state index contributed by atoms with van der Waals surface area (Å²) in [7, 11) is 0. The van der Waals surface area contributed by atoms with Crippen LogP contribution in [-0.4, -0.2) is 36.6 Å². The second kappa shape index (κ2) is 8.87. The van der Waals surface area contributed by atoms with Gasteiger partial charge in [0.1, 0.15) is 0 Å². The van der Waals surface area contributed by atoms with E-state index in [1.54, 1.807) is 0 Å². The molecule has 0 aliphatic carbocycles. The van der Waals surface area contributed by atoms with Gasteiger partial charge in [-0.25, -0.2) is 0 Å². The number of fused-ring (bicyclic) bond motifs is 1. The average molecular weight is 365 g/mol. The smallest absolute Gasteiger partial charge is 0.0333 e. The van der Waals surface area contributed by atoms with Crippen LogP contribution in [0.2, 0.25) is 0 Å². The molecule has 2 saturated heterocycles. The monoisotopic (exact) mass is 364 g/mol. The van der Waals surface area contributed by atoms with E-state index >= 15 is 0 Å². The summed E-state index contributed by atoms with van der Waals surface area (Å²) in [6.07, 6.45) is 2.69. The fraction of sp³-hybridized carbons (Fsp3) is 0.400. The summed E-state index contributed by atoms with van der Waals surface area (Å²) in [6, 6.07) is 23.4. The van der Waals surface area contributed by atoms with Crippen LogP contribution in [0.4, 0.5) is 0 Å². The molecule has 0 spiro atoms. The van der Waals surface area contributed by atoms with Crippen LogP contribution in [0.3, 0.4) is 0 Å². The molecular formula is C20H26Cl2N2. The highest BCUT2D eigenvalue weighted by molar-refractivity contribution is 5.85. The van der Waals surface area contributed by atoms with Crippen molar-refractivity contribution in [2.45, 2.75) is 30.8 Å². The molecule has 4 rings (SSSR count). The molecule has 1 N–H and O–H groups in total. The van der Waals surface area contributed by atoms with E-state index in [4.69, 9.17) is 0 Å². The van der Waals surface area contributed by atoms with Crippen LogP contribution in [0, 0.1) is 0 Å². The third-order valence-electron chi connectivity index (χ3n) is 5.28. The van der Waals surface area contributed by atoms with Gasteiger partial charge in [-0.05, 0) is 30.5 Å². The molecule has 0 radical (unpaired) electrons. The number of benzene rings is 2. The maximum atomic E-state index is 3.68. The number of piperazine rings is 1. The highest BCUT2D eigenvalue weighted by atomic mass is 35.5. The predicted molar refractivity (Wildman–Crippen MR) is 106 cm³/mol. The van der Waals surface area contributed by atoms with Crippen molar-refractivity contribution < 1.29 is 0 Å². The molecule has 24 heavy (non-hydrogen) atoms. The van der Waals surface area contributed by atoms with Crippen molar-refractivity contribution in [3.63, 3.8) is 0 Å². The van der Waals surface area contributed by atoms with E-state index in [1.165, 1.54) is 30.5 Å². The van der Waals surface area contributed by atoms with Crippen LogP contribution in [0.5, 0.6) is 0 Å². The Kier molecular flexibility index (Phi) is 7.12. The normalized spacial score (nSPS) is 23.2. The SMILES string of the molecule is Cl.Cl.c1ccc(C(c2ccccc2)C2CNC[C@@H]3CCCN23)cc1. The second-order valence-corrected chi connectivity index (χ2v) is 6.56. The molecule has 2 aromatic rings. The van der Waals surface area contributed by atoms with E-state index in [9.17, 15) is 0 Å². The molecule has 0 saturated carbocycles. The van der Waals surface area contributed by atoms with Crippen LogP contribution in [0.1, 0.15) is 29.9 Å². The molecule has 2 fully saturated rings. The molecule has 2 aliphatic heterocycles. The fourth-order valence-electron chi connectivity index (χ4n) is 4.30. The zero-order chi connectivity index (χ0) is 14.8. The van der Waals surface area contributed by atoms with Gasteiger partial charge in [0.25, 0.3) is 0 Å². The number of hydrogen-bond acceptors (Lipinski definition) is 2. The van der Waals surface area contributed by atoms with E-state index in [1.807, 2.05) is 0 Å². The van der Waals surface area contributed by atoms with Gasteiger partial charge in [-0.1, -0.05) is 60.7 Å². The minimum absolute atomic E-state index is 0. The van der Waals surface area contributed by atoms with Crippen LogP contribution in [0.15, 0.2) is 60.7 Å². The summed E-state index contributed by atoms with van der Waals surface area (Å²) in [4.78, 5) is 2.77. The minimum atomic E-state index is 0. The van der Waals surface area contributed by atoms with Crippen molar-refractivity contribution >= 4 is 24.8 Å². The summed E-state index contributed by atoms with van der Waals surface area (Å²) in [5, 5.41) is 3.68. The lowest BCUT2D eigenvalue weighted by atomic mass is 9.83. The van der Waals surface area contributed by atoms with Crippen LogP contribution >= 0.6 is 24.8 Å². The van der Waals surface area contributed by atoms with Gasteiger partial charge < -0.3 is 5.32 Å². The molecular weight excluding hydrogens is 339 g/mol. The average Bonchev–Trinajstić information content (AvgIpc) is 3.07. The Morgan fingerprint density at radius 1 is 0.833 bits per heavy atom. The molecule has 2 atom stereocenters. The number of rotatable bonds is 3. The molecule has 2 aliphatic rings. The first-order valence-corrected chi connectivity index (χ1v) is 8.50. The van der Waals surface area contributed by atoms with Gasteiger partial charge in [-0.3, -0.25) is 4.90 Å². The molecule has 0 bridgehead atoms. The van der Waals surface area contributed by atoms with E-state index in [0.29, 0.717) is 12.0 Å². The van der Waals surface area contributed by atoms with Gasteiger partial charge in [0.2, 0.25) is 0 Å². The number of nitrogens with zero attached hydrogens (tertiary/aromatic N) is 1. The van der Waals surface area contributed by atoms with Gasteiger partial charge in [-0.15, -0.1) is 24.8 Å². The summed E-state index contributed by atoms with van der Waals surface area (Å²) in [5.41, 5.74) is 2.88. The molecule has 0 amide bonds. The molecule has 2 aromatic carbocycles. The first kappa shape index (κ1) is 19.3. The van der Waals surface area contributed by atoms with Crippen LogP contribution in [-0.2, 0) is 0 Å². The zero-order valence-corrected chi connectivity index (χ0v) is 15.4. The molecule has 2 heterocycles. The van der Waals surface area contributed by atoms with E-state index in [2.05, 4.69) is 70.9 Å². The summed E-state index contributed by atoms with van der Waals surface area (Å²) >= 11 is 0. The minimum Gasteiger partial charge on any atom is -0.314 e. The number of hydrogen-bond donors (Lipinski definition) is 1. The molecule has 2 nitrogen and oxygen atoms in total. The third kappa shape index (κ3) is 3.78. The van der Waals surface area contributed by atoms with Crippen molar-refractivity contribution in [3.05, 3.63) is 71.8 Å². The van der Waals surface area contributed by atoms with Crippen molar-refractivity contribution in [3.8, 4) is 0 Å². The topological polar surface area (TPSA) is 15.3 Å². The lowest BCUT2D eigenvalue weighted by Gasteiger charge is -2.43. The van der Waals surface area contributed by atoms with Gasteiger partial charge >= 0.3 is 0 Å². The molecule has 130 valence electrons. The number of nitrogens with one attached hydrogen (secondary N) is 1. The van der Waals surface area contributed by atoms with Crippen molar-refractivity contribution in [1.29, 1.82) is 0 Å². The largest absolute Gasteiger partial charge is 0.314 e. The highest BCUT2D eigenvalue weighted by Crippen LogP contribution is 2.35. The maximum Gasteiger partial charge on any atom is 0.0333 e. The summed E-state index contributed by atoms with van der Waals surface area (Å²) < 4.78 is 0. The van der Waals surface area contributed by atoms with Gasteiger partial charge in [0.05, 0.1) is 0 Å². The van der Waals surface area contributed by atoms with Gasteiger partial charge in [0.15, 0.2) is 0 Å². The van der Waals surface area contributed by atoms with E-state index in [0.717, 1.165) is 19.1 Å². The summed E-state index contributed by atoms with van der Waals surface area (Å²) in [5.74, 6) is 0.454. The van der Waals surface area contributed by atoms with Crippen molar-refractivity contribution in [1.82, 2.24) is 10.2 Å². The van der Waals surface area contributed by atoms with Crippen molar-refractivity contribution in [2.24, 2.45) is 0 Å². The van der Waals surface area contributed by atoms with Gasteiger partial charge in [0, 0.05) is 31.1 Å². The molecule has 0 aromatic heterocycles. The predicted octanol–water partition coefficient (Wildman–Crippen LogP) is 4.10. The van der Waals surface area contributed by atoms with Crippen LogP contribution < -0.4 is 5.32 Å². The summed E-state index contributed by atoms with van der Waals surface area (Å²) in [6.45, 7) is 3.50. The highest BCUT2D eigenvalue weighted by Gasteiger charge is 2.38. The quantitative estimate of drug-likeness (QED) is 0.881. The Bertz CT molecular complexity index is 566. The Morgan fingerprint density at radius 2 is 1.42 bits per heavy atom. The Balaban J connectivity index is 0.00000104. The molecule has 1 unspecified atom stereocenters. The zero-order valence-electron chi connectivity index (χ0n) is 13.8. The fourth-order valence-corrected chi connectivity index (χ4v) is 4.30. The maximum absolute atomic E-state index is 3.68. The van der Waals surface area contributed by atoms with E-state index in [-0.39, 0.29) is 24.8 Å². The lowest BCUT2D eigenvalue weighted by Crippen LogP contribution is -2.56. The third-order valence-corrected chi connectivity index (χ3v) is 5.28. The Morgan fingerprint density at radius 3 is 2.00 bits per heavy atom. The van der Waals surface area contributed by atoms with Crippen LogP contribution in [0.25, 0.3) is 0 Å². The number of halogens is 2. The Hall–Kier alpha value is -1.06. The van der Waals surface area contributed by atoms with E-state index < -0.39 is 0 Å². The standard InChI is InChI=1S/C20H24N2.2ClH/c1-3-8-16(9-4-1)20(17-10-5-2-6-11-17)19-15-21-14-18-12-7-13-22(18)19;;/h1-6,8-11,18-21H,7,12-15H2;2*1H/t18-,19?;;/m0../s1. The first-order valence-electron chi connectivity index (χ1n) is 8.50. The first-order chi connectivity index (χ1) is 10.9. The Labute approximate surface area is 157 Å².